The van der Waals surface area contributed by atoms with Crippen molar-refractivity contribution in [3.05, 3.63) is 101 Å². The minimum Gasteiger partial charge on any atom is -0.496 e. The standard InChI is InChI=1S/C30H31NO7/c1-3-24(28(33)31-23(19-38-30(31)35)16-20-10-6-4-7-11-20)27(32)22-14-15-26(36-2)25(17-22)29(34)37-18-21-12-8-5-9-13-21/h4-15,17,23-24,27,32H,3,16,18-19H2,1-2H3/t23-,24-,27+/m0/s1. The molecule has 1 heterocycles. The normalized spacial score (nSPS) is 16.4. The van der Waals surface area contributed by atoms with E-state index in [9.17, 15) is 19.5 Å². The van der Waals surface area contributed by atoms with Crippen molar-refractivity contribution in [2.24, 2.45) is 5.92 Å². The molecule has 8 nitrogen and oxygen atoms in total. The SMILES string of the molecule is CC[C@H](C(=O)N1C(=O)OC[C@@H]1Cc1ccccc1)[C@H](O)c1ccc(OC)c(C(=O)OCc2ccccc2)c1. The zero-order chi connectivity index (χ0) is 27.1. The molecule has 1 saturated heterocycles. The highest BCUT2D eigenvalue weighted by atomic mass is 16.6. The van der Waals surface area contributed by atoms with Crippen molar-refractivity contribution in [2.45, 2.75) is 38.5 Å². The summed E-state index contributed by atoms with van der Waals surface area (Å²) in [6, 6.07) is 22.9. The fourth-order valence-corrected chi connectivity index (χ4v) is 4.58. The van der Waals surface area contributed by atoms with Crippen molar-refractivity contribution in [3.8, 4) is 5.75 Å². The van der Waals surface area contributed by atoms with E-state index < -0.39 is 36.0 Å². The van der Waals surface area contributed by atoms with E-state index in [-0.39, 0.29) is 30.9 Å². The third-order valence-corrected chi connectivity index (χ3v) is 6.65. The fraction of sp³-hybridized carbons (Fsp3) is 0.300. The molecule has 198 valence electrons. The first-order valence-corrected chi connectivity index (χ1v) is 12.5. The summed E-state index contributed by atoms with van der Waals surface area (Å²) in [6.45, 7) is 1.93. The molecule has 1 aliphatic rings. The number of amides is 2. The first kappa shape index (κ1) is 26.9. The van der Waals surface area contributed by atoms with E-state index in [2.05, 4.69) is 0 Å². The number of hydrogen-bond donors (Lipinski definition) is 1. The molecule has 0 bridgehead atoms. The van der Waals surface area contributed by atoms with Gasteiger partial charge >= 0.3 is 12.1 Å². The Morgan fingerprint density at radius 2 is 1.68 bits per heavy atom. The second-order valence-electron chi connectivity index (χ2n) is 9.11. The highest BCUT2D eigenvalue weighted by Crippen LogP contribution is 2.32. The number of aliphatic hydroxyl groups is 1. The maximum absolute atomic E-state index is 13.6. The zero-order valence-electron chi connectivity index (χ0n) is 21.4. The van der Waals surface area contributed by atoms with Gasteiger partial charge in [0.1, 0.15) is 24.5 Å². The third-order valence-electron chi connectivity index (χ3n) is 6.65. The Hall–Kier alpha value is -4.17. The summed E-state index contributed by atoms with van der Waals surface area (Å²) in [4.78, 5) is 40.1. The Morgan fingerprint density at radius 1 is 1.03 bits per heavy atom. The van der Waals surface area contributed by atoms with Gasteiger partial charge in [0.25, 0.3) is 0 Å². The summed E-state index contributed by atoms with van der Waals surface area (Å²) in [5, 5.41) is 11.3. The maximum Gasteiger partial charge on any atom is 0.416 e. The number of nitrogens with zero attached hydrogens (tertiary/aromatic N) is 1. The molecule has 0 spiro atoms. The van der Waals surface area contributed by atoms with Gasteiger partial charge in [-0.25, -0.2) is 14.5 Å². The predicted octanol–water partition coefficient (Wildman–Crippen LogP) is 4.70. The molecule has 0 unspecified atom stereocenters. The smallest absolute Gasteiger partial charge is 0.416 e. The Kier molecular flexibility index (Phi) is 8.76. The summed E-state index contributed by atoms with van der Waals surface area (Å²) in [5.41, 5.74) is 2.26. The quantitative estimate of drug-likeness (QED) is 0.389. The lowest BCUT2D eigenvalue weighted by molar-refractivity contribution is -0.137. The lowest BCUT2D eigenvalue weighted by Gasteiger charge is -2.27. The van der Waals surface area contributed by atoms with Crippen molar-refractivity contribution in [2.75, 3.05) is 13.7 Å². The van der Waals surface area contributed by atoms with Crippen LogP contribution in [0.3, 0.4) is 0 Å². The van der Waals surface area contributed by atoms with Crippen LogP contribution in [0, 0.1) is 5.92 Å². The number of carbonyl (C=O) groups excluding carboxylic acids is 3. The van der Waals surface area contributed by atoms with E-state index in [0.717, 1.165) is 16.0 Å². The van der Waals surface area contributed by atoms with E-state index in [1.54, 1.807) is 19.1 Å². The van der Waals surface area contributed by atoms with Crippen LogP contribution in [0.4, 0.5) is 4.79 Å². The van der Waals surface area contributed by atoms with Gasteiger partial charge in [-0.05, 0) is 41.7 Å². The molecule has 2 amide bonds. The number of aliphatic hydroxyl groups excluding tert-OH is 1. The van der Waals surface area contributed by atoms with Gasteiger partial charge in [0.2, 0.25) is 5.91 Å². The number of rotatable bonds is 10. The van der Waals surface area contributed by atoms with Crippen LogP contribution >= 0.6 is 0 Å². The molecule has 0 radical (unpaired) electrons. The Balaban J connectivity index is 1.53. The number of ether oxygens (including phenoxy) is 3. The molecule has 38 heavy (non-hydrogen) atoms. The van der Waals surface area contributed by atoms with Gasteiger partial charge in [-0.2, -0.15) is 0 Å². The molecule has 8 heteroatoms. The Morgan fingerprint density at radius 3 is 2.32 bits per heavy atom. The number of esters is 1. The van der Waals surface area contributed by atoms with Crippen LogP contribution in [-0.2, 0) is 27.3 Å². The van der Waals surface area contributed by atoms with Crippen molar-refractivity contribution >= 4 is 18.0 Å². The second kappa shape index (κ2) is 12.4. The topological polar surface area (TPSA) is 102 Å². The maximum atomic E-state index is 13.6. The van der Waals surface area contributed by atoms with Gasteiger partial charge in [-0.1, -0.05) is 73.7 Å². The number of benzene rings is 3. The first-order valence-electron chi connectivity index (χ1n) is 12.5. The molecule has 4 rings (SSSR count). The van der Waals surface area contributed by atoms with Crippen LogP contribution in [0.15, 0.2) is 78.9 Å². The number of imide groups is 1. The van der Waals surface area contributed by atoms with E-state index >= 15 is 0 Å². The van der Waals surface area contributed by atoms with Gasteiger partial charge in [0, 0.05) is 0 Å². The minimum atomic E-state index is -1.27. The van der Waals surface area contributed by atoms with Crippen LogP contribution < -0.4 is 4.74 Å². The highest BCUT2D eigenvalue weighted by Gasteiger charge is 2.42. The molecular weight excluding hydrogens is 486 g/mol. The summed E-state index contributed by atoms with van der Waals surface area (Å²) in [7, 11) is 1.43. The number of methoxy groups -OCH3 is 1. The van der Waals surface area contributed by atoms with Crippen LogP contribution in [-0.4, -0.2) is 47.7 Å². The third kappa shape index (κ3) is 6.03. The molecule has 1 aliphatic heterocycles. The van der Waals surface area contributed by atoms with E-state index in [0.29, 0.717) is 12.0 Å². The molecule has 3 atom stereocenters. The molecular formula is C30H31NO7. The number of cyclic esters (lactones) is 1. The molecule has 3 aromatic rings. The van der Waals surface area contributed by atoms with Gasteiger partial charge in [-0.3, -0.25) is 4.79 Å². The van der Waals surface area contributed by atoms with Crippen LogP contribution in [0.2, 0.25) is 0 Å². The van der Waals surface area contributed by atoms with Gasteiger partial charge in [0.05, 0.1) is 25.2 Å². The highest BCUT2D eigenvalue weighted by molar-refractivity contribution is 5.95. The average molecular weight is 518 g/mol. The number of hydrogen-bond acceptors (Lipinski definition) is 7. The summed E-state index contributed by atoms with van der Waals surface area (Å²) >= 11 is 0. The molecule has 1 N–H and O–H groups in total. The van der Waals surface area contributed by atoms with Gasteiger partial charge in [-0.15, -0.1) is 0 Å². The molecule has 3 aromatic carbocycles. The van der Waals surface area contributed by atoms with Crippen molar-refractivity contribution in [1.29, 1.82) is 0 Å². The van der Waals surface area contributed by atoms with Crippen LogP contribution in [0.1, 0.15) is 46.5 Å². The van der Waals surface area contributed by atoms with E-state index in [1.807, 2.05) is 60.7 Å². The van der Waals surface area contributed by atoms with E-state index in [4.69, 9.17) is 14.2 Å². The van der Waals surface area contributed by atoms with Crippen molar-refractivity contribution < 1.29 is 33.7 Å². The molecule has 0 aromatic heterocycles. The Labute approximate surface area is 221 Å². The fourth-order valence-electron chi connectivity index (χ4n) is 4.58. The first-order chi connectivity index (χ1) is 18.4. The molecule has 0 saturated carbocycles. The van der Waals surface area contributed by atoms with Gasteiger partial charge in [0.15, 0.2) is 0 Å². The molecule has 0 aliphatic carbocycles. The number of carbonyl (C=O) groups is 3. The summed E-state index contributed by atoms with van der Waals surface area (Å²) in [6.07, 6.45) is -1.28. The average Bonchev–Trinajstić information content (AvgIpc) is 3.32. The van der Waals surface area contributed by atoms with Crippen molar-refractivity contribution in [1.82, 2.24) is 4.90 Å². The van der Waals surface area contributed by atoms with Crippen LogP contribution in [0.25, 0.3) is 0 Å². The largest absolute Gasteiger partial charge is 0.496 e. The van der Waals surface area contributed by atoms with Gasteiger partial charge < -0.3 is 19.3 Å². The predicted molar refractivity (Wildman–Crippen MR) is 139 cm³/mol. The Bertz CT molecular complexity index is 1260. The zero-order valence-corrected chi connectivity index (χ0v) is 21.4. The lowest BCUT2D eigenvalue weighted by Crippen LogP contribution is -2.45. The van der Waals surface area contributed by atoms with Crippen molar-refractivity contribution in [3.63, 3.8) is 0 Å². The van der Waals surface area contributed by atoms with E-state index in [1.165, 1.54) is 13.2 Å². The second-order valence-corrected chi connectivity index (χ2v) is 9.11. The lowest BCUT2D eigenvalue weighted by atomic mass is 9.90. The summed E-state index contributed by atoms with van der Waals surface area (Å²) < 4.78 is 16.0. The minimum absolute atomic E-state index is 0.0750. The monoisotopic (exact) mass is 517 g/mol. The molecule has 1 fully saturated rings. The summed E-state index contributed by atoms with van der Waals surface area (Å²) in [5.74, 6) is -1.79. The van der Waals surface area contributed by atoms with Crippen LogP contribution in [0.5, 0.6) is 5.75 Å².